The molecule has 1 unspecified atom stereocenters. The average Bonchev–Trinajstić information content (AvgIpc) is 3.29. The highest BCUT2D eigenvalue weighted by Gasteiger charge is 2.34. The number of benzene rings is 1. The van der Waals surface area contributed by atoms with E-state index < -0.39 is 0 Å². The van der Waals surface area contributed by atoms with Gasteiger partial charge in [0.1, 0.15) is 17.8 Å². The fourth-order valence-electron chi connectivity index (χ4n) is 4.54. The molecule has 0 bridgehead atoms. The normalized spacial score (nSPS) is 16.4. The van der Waals surface area contributed by atoms with Crippen molar-refractivity contribution in [3.8, 4) is 11.1 Å². The Balaban J connectivity index is 1.44. The number of nitrogen functional groups attached to an aromatic ring is 1. The van der Waals surface area contributed by atoms with Gasteiger partial charge >= 0.3 is 0 Å². The van der Waals surface area contributed by atoms with Crippen molar-refractivity contribution in [1.82, 2.24) is 19.5 Å². The molecule has 3 aromatic heterocycles. The summed E-state index contributed by atoms with van der Waals surface area (Å²) in [5.74, 6) is 0.379. The molecule has 4 aromatic rings. The van der Waals surface area contributed by atoms with Crippen LogP contribution in [0.1, 0.15) is 29.3 Å². The van der Waals surface area contributed by atoms with Gasteiger partial charge < -0.3 is 15.2 Å². The van der Waals surface area contributed by atoms with E-state index in [0.29, 0.717) is 12.4 Å². The summed E-state index contributed by atoms with van der Waals surface area (Å²) >= 11 is 0. The lowest BCUT2D eigenvalue weighted by molar-refractivity contribution is -0.118. The zero-order valence-corrected chi connectivity index (χ0v) is 17.8. The molecule has 5 rings (SSSR count). The van der Waals surface area contributed by atoms with Gasteiger partial charge in [-0.3, -0.25) is 9.78 Å². The standard InChI is InChI=1S/C24H24N6O/c1-14-10-15(2)28-20(11-14)18-8-9-30(24(18)31)17-6-4-16(5-7-17)19-12-29(3)23-21(19)22(25)26-13-27-23/h4-7,10-13,18H,8-9H2,1-3H3,(H2,25,26,27). The van der Waals surface area contributed by atoms with Gasteiger partial charge in [0.05, 0.1) is 17.0 Å². The maximum absolute atomic E-state index is 13.2. The van der Waals surface area contributed by atoms with E-state index in [9.17, 15) is 4.79 Å². The lowest BCUT2D eigenvalue weighted by Crippen LogP contribution is -2.26. The van der Waals surface area contributed by atoms with Crippen molar-refractivity contribution < 1.29 is 4.79 Å². The fraction of sp³-hybridized carbons (Fsp3) is 0.250. The fourth-order valence-corrected chi connectivity index (χ4v) is 4.54. The second kappa shape index (κ2) is 7.19. The Labute approximate surface area is 180 Å². The number of nitrogens with zero attached hydrogens (tertiary/aromatic N) is 5. The first-order valence-corrected chi connectivity index (χ1v) is 10.3. The number of hydrogen-bond acceptors (Lipinski definition) is 5. The van der Waals surface area contributed by atoms with Crippen LogP contribution in [0.2, 0.25) is 0 Å². The van der Waals surface area contributed by atoms with E-state index in [-0.39, 0.29) is 11.8 Å². The number of rotatable bonds is 3. The molecule has 0 spiro atoms. The molecule has 1 aliphatic heterocycles. The van der Waals surface area contributed by atoms with Gasteiger partial charge in [0, 0.05) is 36.7 Å². The molecule has 1 saturated heterocycles. The van der Waals surface area contributed by atoms with E-state index in [0.717, 1.165) is 51.2 Å². The van der Waals surface area contributed by atoms with E-state index >= 15 is 0 Å². The summed E-state index contributed by atoms with van der Waals surface area (Å²) in [7, 11) is 1.94. The van der Waals surface area contributed by atoms with Crippen molar-refractivity contribution >= 4 is 28.4 Å². The summed E-state index contributed by atoms with van der Waals surface area (Å²) in [5, 5.41) is 0.843. The number of nitrogens with two attached hydrogens (primary N) is 1. The first-order valence-electron chi connectivity index (χ1n) is 10.3. The van der Waals surface area contributed by atoms with E-state index in [1.54, 1.807) is 0 Å². The lowest BCUT2D eigenvalue weighted by atomic mass is 10.0. The molecule has 1 aromatic carbocycles. The Morgan fingerprint density at radius 2 is 1.87 bits per heavy atom. The number of carbonyl (C=O) groups excluding carboxylic acids is 1. The number of aryl methyl sites for hydroxylation is 3. The lowest BCUT2D eigenvalue weighted by Gasteiger charge is -2.17. The van der Waals surface area contributed by atoms with Crippen molar-refractivity contribution in [3.63, 3.8) is 0 Å². The van der Waals surface area contributed by atoms with Crippen molar-refractivity contribution in [2.45, 2.75) is 26.2 Å². The third-order valence-electron chi connectivity index (χ3n) is 5.95. The van der Waals surface area contributed by atoms with Crippen LogP contribution in [0, 0.1) is 13.8 Å². The number of carbonyl (C=O) groups is 1. The van der Waals surface area contributed by atoms with Crippen LogP contribution in [-0.2, 0) is 11.8 Å². The molecule has 0 aliphatic carbocycles. The number of amides is 1. The topological polar surface area (TPSA) is 89.9 Å². The molecule has 2 N–H and O–H groups in total. The van der Waals surface area contributed by atoms with E-state index in [4.69, 9.17) is 5.73 Å². The van der Waals surface area contributed by atoms with Crippen LogP contribution in [0.3, 0.4) is 0 Å². The molecule has 1 fully saturated rings. The molecule has 1 aliphatic rings. The van der Waals surface area contributed by atoms with Crippen LogP contribution in [-0.4, -0.2) is 32.0 Å². The Bertz CT molecular complexity index is 1290. The van der Waals surface area contributed by atoms with E-state index in [1.807, 2.05) is 73.0 Å². The summed E-state index contributed by atoms with van der Waals surface area (Å²) in [6, 6.07) is 12.1. The Kier molecular flexibility index (Phi) is 4.46. The number of aromatic nitrogens is 4. The van der Waals surface area contributed by atoms with Gasteiger partial charge in [-0.15, -0.1) is 0 Å². The Morgan fingerprint density at radius 3 is 2.61 bits per heavy atom. The first kappa shape index (κ1) is 19.2. The minimum absolute atomic E-state index is 0.105. The highest BCUT2D eigenvalue weighted by atomic mass is 16.2. The maximum atomic E-state index is 13.2. The molecule has 156 valence electrons. The molecular formula is C24H24N6O. The largest absolute Gasteiger partial charge is 0.383 e. The van der Waals surface area contributed by atoms with Crippen LogP contribution in [0.15, 0.2) is 48.9 Å². The number of pyridine rings is 1. The molecule has 7 nitrogen and oxygen atoms in total. The van der Waals surface area contributed by atoms with Gasteiger partial charge in [-0.2, -0.15) is 0 Å². The van der Waals surface area contributed by atoms with Crippen molar-refractivity contribution in [1.29, 1.82) is 0 Å². The van der Waals surface area contributed by atoms with Crippen molar-refractivity contribution in [2.75, 3.05) is 17.2 Å². The maximum Gasteiger partial charge on any atom is 0.236 e. The van der Waals surface area contributed by atoms with E-state index in [2.05, 4.69) is 15.0 Å². The van der Waals surface area contributed by atoms with Gasteiger partial charge in [0.2, 0.25) is 5.91 Å². The van der Waals surface area contributed by atoms with Crippen LogP contribution in [0.5, 0.6) is 0 Å². The minimum Gasteiger partial charge on any atom is -0.383 e. The summed E-state index contributed by atoms with van der Waals surface area (Å²) in [6.45, 7) is 4.70. The predicted molar refractivity (Wildman–Crippen MR) is 122 cm³/mol. The Hall–Kier alpha value is -3.74. The Morgan fingerprint density at radius 1 is 1.10 bits per heavy atom. The number of hydrogen-bond donors (Lipinski definition) is 1. The second-order valence-corrected chi connectivity index (χ2v) is 8.20. The summed E-state index contributed by atoms with van der Waals surface area (Å²) in [4.78, 5) is 28.1. The van der Waals surface area contributed by atoms with Crippen LogP contribution in [0.4, 0.5) is 11.5 Å². The highest BCUT2D eigenvalue weighted by Crippen LogP contribution is 2.35. The smallest absolute Gasteiger partial charge is 0.236 e. The van der Waals surface area contributed by atoms with Gasteiger partial charge in [-0.25, -0.2) is 9.97 Å². The minimum atomic E-state index is -0.187. The van der Waals surface area contributed by atoms with Crippen molar-refractivity contribution in [2.24, 2.45) is 7.05 Å². The van der Waals surface area contributed by atoms with Crippen molar-refractivity contribution in [3.05, 3.63) is 65.9 Å². The molecule has 7 heteroatoms. The highest BCUT2D eigenvalue weighted by molar-refractivity contribution is 6.02. The predicted octanol–water partition coefficient (Wildman–Crippen LogP) is 3.75. The second-order valence-electron chi connectivity index (χ2n) is 8.20. The van der Waals surface area contributed by atoms with Crippen LogP contribution < -0.4 is 10.6 Å². The third-order valence-corrected chi connectivity index (χ3v) is 5.95. The van der Waals surface area contributed by atoms with E-state index in [1.165, 1.54) is 6.33 Å². The molecular weight excluding hydrogens is 388 g/mol. The quantitative estimate of drug-likeness (QED) is 0.553. The molecule has 0 saturated carbocycles. The summed E-state index contributed by atoms with van der Waals surface area (Å²) < 4.78 is 1.95. The zero-order valence-electron chi connectivity index (χ0n) is 17.8. The third kappa shape index (κ3) is 3.22. The van der Waals surface area contributed by atoms with Gasteiger partial charge in [-0.05, 0) is 55.7 Å². The first-order chi connectivity index (χ1) is 14.9. The number of anilines is 2. The number of fused-ring (bicyclic) bond motifs is 1. The average molecular weight is 412 g/mol. The van der Waals surface area contributed by atoms with Crippen LogP contribution in [0.25, 0.3) is 22.2 Å². The monoisotopic (exact) mass is 412 g/mol. The molecule has 1 amide bonds. The molecule has 31 heavy (non-hydrogen) atoms. The van der Waals surface area contributed by atoms with Gasteiger partial charge in [0.25, 0.3) is 0 Å². The summed E-state index contributed by atoms with van der Waals surface area (Å²) in [5.41, 5.74) is 12.8. The zero-order chi connectivity index (χ0) is 21.7. The molecule has 4 heterocycles. The van der Waals surface area contributed by atoms with Gasteiger partial charge in [0.15, 0.2) is 0 Å². The summed E-state index contributed by atoms with van der Waals surface area (Å²) in [6.07, 6.45) is 4.26. The molecule has 1 atom stereocenters. The van der Waals surface area contributed by atoms with Crippen LogP contribution >= 0.6 is 0 Å². The SMILES string of the molecule is Cc1cc(C)nc(C2CCN(c3ccc(-c4cn(C)c5ncnc(N)c45)cc3)C2=O)c1. The molecule has 0 radical (unpaired) electrons. The van der Waals surface area contributed by atoms with Gasteiger partial charge in [-0.1, -0.05) is 12.1 Å².